The molecule has 1 aliphatic heterocycles. The second-order valence-corrected chi connectivity index (χ2v) is 4.00. The molecule has 0 aromatic rings. The highest BCUT2D eigenvalue weighted by Crippen LogP contribution is 2.04. The zero-order chi connectivity index (χ0) is 11.1. The normalized spacial score (nSPS) is 16.6. The van der Waals surface area contributed by atoms with Crippen LogP contribution in [0.1, 0.15) is 40.0 Å². The lowest BCUT2D eigenvalue weighted by Gasteiger charge is -2.09. The fourth-order valence-electron chi connectivity index (χ4n) is 2.05. The van der Waals surface area contributed by atoms with E-state index in [4.69, 9.17) is 4.74 Å². The summed E-state index contributed by atoms with van der Waals surface area (Å²) in [7, 11) is 0. The van der Waals surface area contributed by atoms with Crippen molar-refractivity contribution < 1.29 is 9.31 Å². The summed E-state index contributed by atoms with van der Waals surface area (Å²) < 4.78 is 8.04. The Hall–Kier alpha value is -0.570. The van der Waals surface area contributed by atoms with E-state index in [1.165, 1.54) is 18.7 Å². The second-order valence-electron chi connectivity index (χ2n) is 4.00. The van der Waals surface area contributed by atoms with E-state index in [9.17, 15) is 0 Å². The molecule has 0 saturated heterocycles. The molecule has 0 aromatic carbocycles. The van der Waals surface area contributed by atoms with E-state index in [1.807, 2.05) is 0 Å². The molecule has 0 saturated carbocycles. The molecule has 0 aromatic heterocycles. The van der Waals surface area contributed by atoms with Crippen LogP contribution in [0.25, 0.3) is 0 Å². The van der Waals surface area contributed by atoms with E-state index in [-0.39, 0.29) is 0 Å². The molecule has 0 N–H and O–H groups in total. The summed E-state index contributed by atoms with van der Waals surface area (Å²) in [5.74, 6) is 1.45. The van der Waals surface area contributed by atoms with Crippen molar-refractivity contribution in [1.29, 1.82) is 0 Å². The molecular formula is C12H25N2O+. The summed E-state index contributed by atoms with van der Waals surface area (Å²) in [6, 6.07) is 0. The van der Waals surface area contributed by atoms with Crippen molar-refractivity contribution in [2.45, 2.75) is 40.0 Å². The summed E-state index contributed by atoms with van der Waals surface area (Å²) >= 11 is 0. The standard InChI is InChI=1S/C12H25N2O/c1-4-7-10-15-11-14-9-8-13(6-3)12(14)5-2/h4-11H2,1-3H3/q+1. The van der Waals surface area contributed by atoms with Crippen molar-refractivity contribution in [3.05, 3.63) is 0 Å². The number of hydrogen-bond donors (Lipinski definition) is 0. The average molecular weight is 213 g/mol. The van der Waals surface area contributed by atoms with Gasteiger partial charge in [0, 0.05) is 6.42 Å². The smallest absolute Gasteiger partial charge is 0.248 e. The van der Waals surface area contributed by atoms with Gasteiger partial charge in [-0.1, -0.05) is 20.3 Å². The van der Waals surface area contributed by atoms with Crippen LogP contribution in [0.2, 0.25) is 0 Å². The van der Waals surface area contributed by atoms with Crippen LogP contribution in [0, 0.1) is 0 Å². The van der Waals surface area contributed by atoms with Gasteiger partial charge in [-0.15, -0.1) is 0 Å². The minimum absolute atomic E-state index is 0.777. The molecule has 0 spiro atoms. The minimum Gasteiger partial charge on any atom is -0.342 e. The van der Waals surface area contributed by atoms with Gasteiger partial charge >= 0.3 is 0 Å². The van der Waals surface area contributed by atoms with Crippen LogP contribution in [0.5, 0.6) is 0 Å². The zero-order valence-corrected chi connectivity index (χ0v) is 10.5. The predicted octanol–water partition coefficient (Wildman–Crippen LogP) is 1.92. The van der Waals surface area contributed by atoms with Gasteiger partial charge < -0.3 is 4.74 Å². The van der Waals surface area contributed by atoms with Gasteiger partial charge in [0.05, 0.1) is 13.2 Å². The number of ether oxygens (including phenoxy) is 1. The molecular weight excluding hydrogens is 188 g/mol. The number of rotatable bonds is 7. The highest BCUT2D eigenvalue weighted by atomic mass is 16.5. The summed E-state index contributed by atoms with van der Waals surface area (Å²) in [4.78, 5) is 2.45. The van der Waals surface area contributed by atoms with E-state index in [2.05, 4.69) is 30.2 Å². The van der Waals surface area contributed by atoms with E-state index >= 15 is 0 Å². The van der Waals surface area contributed by atoms with Crippen LogP contribution in [0.15, 0.2) is 0 Å². The first-order chi connectivity index (χ1) is 7.33. The largest absolute Gasteiger partial charge is 0.342 e. The highest BCUT2D eigenvalue weighted by molar-refractivity contribution is 5.78. The molecule has 1 aliphatic rings. The fourth-order valence-corrected chi connectivity index (χ4v) is 2.05. The van der Waals surface area contributed by atoms with Gasteiger partial charge in [0.1, 0.15) is 13.1 Å². The lowest BCUT2D eigenvalue weighted by Crippen LogP contribution is -2.29. The van der Waals surface area contributed by atoms with Gasteiger partial charge in [-0.05, 0) is 13.3 Å². The van der Waals surface area contributed by atoms with Crippen molar-refractivity contribution in [1.82, 2.24) is 4.90 Å². The van der Waals surface area contributed by atoms with Crippen LogP contribution in [-0.2, 0) is 4.74 Å². The Bertz CT molecular complexity index is 214. The molecule has 0 radical (unpaired) electrons. The molecule has 0 unspecified atom stereocenters. The third kappa shape index (κ3) is 3.49. The highest BCUT2D eigenvalue weighted by Gasteiger charge is 2.26. The Balaban J connectivity index is 2.37. The van der Waals surface area contributed by atoms with Gasteiger partial charge in [-0.2, -0.15) is 0 Å². The molecule has 0 atom stereocenters. The van der Waals surface area contributed by atoms with Gasteiger partial charge in [-0.3, -0.25) is 4.90 Å². The van der Waals surface area contributed by atoms with Crippen molar-refractivity contribution in [3.63, 3.8) is 0 Å². The first kappa shape index (κ1) is 12.5. The Kier molecular flexibility index (Phi) is 5.69. The summed E-state index contributed by atoms with van der Waals surface area (Å²) in [6.07, 6.45) is 3.50. The van der Waals surface area contributed by atoms with Crippen LogP contribution in [0.3, 0.4) is 0 Å². The molecule has 15 heavy (non-hydrogen) atoms. The maximum atomic E-state index is 5.66. The summed E-state index contributed by atoms with van der Waals surface area (Å²) in [6.45, 7) is 11.7. The third-order valence-electron chi connectivity index (χ3n) is 2.96. The second kappa shape index (κ2) is 6.83. The Morgan fingerprint density at radius 2 is 2.13 bits per heavy atom. The van der Waals surface area contributed by atoms with Gasteiger partial charge in [0.2, 0.25) is 5.84 Å². The average Bonchev–Trinajstić information content (AvgIpc) is 2.66. The lowest BCUT2D eigenvalue weighted by molar-refractivity contribution is -0.560. The van der Waals surface area contributed by atoms with Crippen LogP contribution in [-0.4, -0.2) is 48.3 Å². The topological polar surface area (TPSA) is 15.5 Å². The number of likely N-dealkylation sites (N-methyl/N-ethyl adjacent to an activating group) is 1. The van der Waals surface area contributed by atoms with Crippen molar-refractivity contribution in [2.75, 3.05) is 33.0 Å². The molecule has 3 nitrogen and oxygen atoms in total. The number of nitrogens with zero attached hydrogens (tertiary/aromatic N) is 2. The van der Waals surface area contributed by atoms with Gasteiger partial charge in [-0.25, -0.2) is 4.58 Å². The van der Waals surface area contributed by atoms with E-state index in [1.54, 1.807) is 0 Å². The summed E-state index contributed by atoms with van der Waals surface area (Å²) in [5, 5.41) is 0. The quantitative estimate of drug-likeness (QED) is 0.474. The van der Waals surface area contributed by atoms with E-state index in [0.29, 0.717) is 0 Å². The van der Waals surface area contributed by atoms with Crippen LogP contribution >= 0.6 is 0 Å². The van der Waals surface area contributed by atoms with Crippen LogP contribution < -0.4 is 0 Å². The van der Waals surface area contributed by atoms with E-state index < -0.39 is 0 Å². The van der Waals surface area contributed by atoms with Gasteiger partial charge in [0.25, 0.3) is 0 Å². The molecule has 0 aliphatic carbocycles. The molecule has 3 heteroatoms. The predicted molar refractivity (Wildman–Crippen MR) is 63.4 cm³/mol. The minimum atomic E-state index is 0.777. The third-order valence-corrected chi connectivity index (χ3v) is 2.96. The molecule has 0 bridgehead atoms. The Labute approximate surface area is 93.7 Å². The number of hydrogen-bond acceptors (Lipinski definition) is 2. The number of unbranched alkanes of at least 4 members (excludes halogenated alkanes) is 1. The van der Waals surface area contributed by atoms with Crippen LogP contribution in [0.4, 0.5) is 0 Å². The van der Waals surface area contributed by atoms with Crippen molar-refractivity contribution >= 4 is 5.84 Å². The molecule has 0 amide bonds. The Morgan fingerprint density at radius 1 is 1.33 bits per heavy atom. The first-order valence-electron chi connectivity index (χ1n) is 6.26. The monoisotopic (exact) mass is 213 g/mol. The van der Waals surface area contributed by atoms with Gasteiger partial charge in [0.15, 0.2) is 6.73 Å². The maximum Gasteiger partial charge on any atom is 0.248 e. The zero-order valence-electron chi connectivity index (χ0n) is 10.5. The van der Waals surface area contributed by atoms with E-state index in [0.717, 1.165) is 39.4 Å². The van der Waals surface area contributed by atoms with Crippen molar-refractivity contribution in [3.8, 4) is 0 Å². The lowest BCUT2D eigenvalue weighted by atomic mass is 10.4. The molecule has 1 rings (SSSR count). The molecule has 88 valence electrons. The SMILES string of the molecule is CCCCOC[N+]1=C(CC)N(CC)CC1. The number of amidine groups is 1. The summed E-state index contributed by atoms with van der Waals surface area (Å²) in [5.41, 5.74) is 0. The van der Waals surface area contributed by atoms with Crippen molar-refractivity contribution in [2.24, 2.45) is 0 Å². The maximum absolute atomic E-state index is 5.66. The fraction of sp³-hybridized carbons (Fsp3) is 0.917. The molecule has 0 fully saturated rings. The molecule has 1 heterocycles. The first-order valence-corrected chi connectivity index (χ1v) is 6.26. The Morgan fingerprint density at radius 3 is 2.73 bits per heavy atom.